The fourth-order valence-corrected chi connectivity index (χ4v) is 1.95. The lowest BCUT2D eigenvalue weighted by atomic mass is 10.1. The molecule has 1 amide bonds. The highest BCUT2D eigenvalue weighted by molar-refractivity contribution is 5.93. The Bertz CT molecular complexity index is 703. The molecule has 0 unspecified atom stereocenters. The van der Waals surface area contributed by atoms with Crippen molar-refractivity contribution >= 4 is 12.1 Å². The van der Waals surface area contributed by atoms with E-state index in [0.29, 0.717) is 0 Å². The zero-order valence-corrected chi connectivity index (χ0v) is 16.8. The van der Waals surface area contributed by atoms with Crippen LogP contribution in [0, 0.1) is 0 Å². The van der Waals surface area contributed by atoms with Crippen molar-refractivity contribution in [2.24, 2.45) is 0 Å². The van der Waals surface area contributed by atoms with Gasteiger partial charge in [0.15, 0.2) is 0 Å². The Morgan fingerprint density at radius 2 is 1.54 bits per heavy atom. The van der Waals surface area contributed by atoms with Gasteiger partial charge in [-0.05, 0) is 59.7 Å². The van der Waals surface area contributed by atoms with E-state index in [2.05, 4.69) is 5.32 Å². The minimum Gasteiger partial charge on any atom is -0.491 e. The molecule has 9 heteroatoms. The highest BCUT2D eigenvalue weighted by atomic mass is 19.4. The number of ether oxygens (including phenoxy) is 3. The summed E-state index contributed by atoms with van der Waals surface area (Å²) in [6.07, 6.45) is -5.29. The van der Waals surface area contributed by atoms with E-state index in [0.717, 1.165) is 18.2 Å². The lowest BCUT2D eigenvalue weighted by Crippen LogP contribution is -2.34. The van der Waals surface area contributed by atoms with Crippen molar-refractivity contribution in [1.82, 2.24) is 5.32 Å². The van der Waals surface area contributed by atoms with Gasteiger partial charge in [-0.15, -0.1) is 0 Å². The molecule has 0 aromatic heterocycles. The van der Waals surface area contributed by atoms with E-state index < -0.39 is 35.0 Å². The molecule has 0 bridgehead atoms. The highest BCUT2D eigenvalue weighted by Crippen LogP contribution is 2.33. The zero-order chi connectivity index (χ0) is 21.8. The van der Waals surface area contributed by atoms with Gasteiger partial charge in [0.05, 0.1) is 12.1 Å². The van der Waals surface area contributed by atoms with E-state index in [1.54, 1.807) is 41.5 Å². The van der Waals surface area contributed by atoms with Crippen LogP contribution < -0.4 is 10.1 Å². The van der Waals surface area contributed by atoms with Gasteiger partial charge < -0.3 is 19.5 Å². The van der Waals surface area contributed by atoms with Crippen molar-refractivity contribution in [2.75, 3.05) is 13.2 Å². The van der Waals surface area contributed by atoms with Crippen molar-refractivity contribution in [3.8, 4) is 5.75 Å². The molecule has 6 nitrogen and oxygen atoms in total. The number of rotatable bonds is 5. The molecule has 0 radical (unpaired) electrons. The number of alkyl halides is 3. The topological polar surface area (TPSA) is 73.9 Å². The summed E-state index contributed by atoms with van der Waals surface area (Å²) in [6.45, 7) is 9.80. The van der Waals surface area contributed by atoms with Crippen LogP contribution in [0.25, 0.3) is 0 Å². The van der Waals surface area contributed by atoms with Crippen LogP contribution in [0.4, 0.5) is 18.0 Å². The quantitative estimate of drug-likeness (QED) is 0.574. The predicted molar refractivity (Wildman–Crippen MR) is 96.3 cm³/mol. The molecule has 0 aliphatic carbocycles. The largest absolute Gasteiger partial charge is 0.491 e. The molecule has 0 atom stereocenters. The number of carbonyl (C=O) groups excluding carboxylic acids is 2. The maximum atomic E-state index is 13.0. The number of esters is 1. The Hall–Kier alpha value is -2.45. The van der Waals surface area contributed by atoms with Gasteiger partial charge in [-0.3, -0.25) is 0 Å². The minimum atomic E-state index is -4.60. The molecule has 1 N–H and O–H groups in total. The second-order valence-electron chi connectivity index (χ2n) is 7.99. The van der Waals surface area contributed by atoms with Crippen molar-refractivity contribution in [2.45, 2.75) is 58.9 Å². The van der Waals surface area contributed by atoms with E-state index in [4.69, 9.17) is 14.2 Å². The van der Waals surface area contributed by atoms with Gasteiger partial charge in [0.25, 0.3) is 0 Å². The molecule has 28 heavy (non-hydrogen) atoms. The molecular weight excluding hydrogens is 379 g/mol. The number of halogens is 3. The molecule has 158 valence electrons. The Kier molecular flexibility index (Phi) is 7.33. The van der Waals surface area contributed by atoms with Gasteiger partial charge in [-0.25, -0.2) is 9.59 Å². The zero-order valence-electron chi connectivity index (χ0n) is 16.8. The van der Waals surface area contributed by atoms with Gasteiger partial charge in [0.2, 0.25) is 0 Å². The van der Waals surface area contributed by atoms with Crippen LogP contribution >= 0.6 is 0 Å². The van der Waals surface area contributed by atoms with Gasteiger partial charge in [-0.2, -0.15) is 13.2 Å². The van der Waals surface area contributed by atoms with E-state index in [-0.39, 0.29) is 24.5 Å². The number of hydrogen-bond acceptors (Lipinski definition) is 5. The third-order valence-corrected chi connectivity index (χ3v) is 2.96. The molecular formula is C19H26F3NO5. The molecule has 0 aliphatic rings. The van der Waals surface area contributed by atoms with E-state index >= 15 is 0 Å². The fourth-order valence-electron chi connectivity index (χ4n) is 1.95. The number of nitrogens with one attached hydrogen (secondary N) is 1. The van der Waals surface area contributed by atoms with Crippen LogP contribution in [-0.4, -0.2) is 36.4 Å². The van der Waals surface area contributed by atoms with Gasteiger partial charge in [0, 0.05) is 0 Å². The number of carbonyl (C=O) groups is 2. The normalized spacial score (nSPS) is 12.3. The molecule has 1 aromatic carbocycles. The second-order valence-corrected chi connectivity index (χ2v) is 7.99. The van der Waals surface area contributed by atoms with Crippen molar-refractivity contribution in [3.05, 3.63) is 29.3 Å². The number of benzene rings is 1. The summed E-state index contributed by atoms with van der Waals surface area (Å²) in [5, 5.41) is 2.42. The number of alkyl carbamates (subject to hydrolysis) is 1. The lowest BCUT2D eigenvalue weighted by Gasteiger charge is -2.21. The van der Waals surface area contributed by atoms with Crippen LogP contribution in [0.15, 0.2) is 18.2 Å². The number of amides is 1. The first-order chi connectivity index (χ1) is 12.6. The molecule has 0 fully saturated rings. The van der Waals surface area contributed by atoms with Crippen molar-refractivity contribution in [3.63, 3.8) is 0 Å². The Morgan fingerprint density at radius 1 is 0.964 bits per heavy atom. The Balaban J connectivity index is 2.88. The van der Waals surface area contributed by atoms with Crippen LogP contribution in [-0.2, 0) is 15.7 Å². The first-order valence-corrected chi connectivity index (χ1v) is 8.63. The third kappa shape index (κ3) is 8.49. The second kappa shape index (κ2) is 8.70. The van der Waals surface area contributed by atoms with E-state index in [9.17, 15) is 22.8 Å². The van der Waals surface area contributed by atoms with E-state index in [1.807, 2.05) is 0 Å². The van der Waals surface area contributed by atoms with Crippen LogP contribution in [0.3, 0.4) is 0 Å². The summed E-state index contributed by atoms with van der Waals surface area (Å²) in [4.78, 5) is 23.8. The molecule has 0 spiro atoms. The summed E-state index contributed by atoms with van der Waals surface area (Å²) in [5.74, 6) is -1.09. The summed E-state index contributed by atoms with van der Waals surface area (Å²) in [5.41, 5.74) is -2.61. The summed E-state index contributed by atoms with van der Waals surface area (Å²) < 4.78 is 54.5. The highest BCUT2D eigenvalue weighted by Gasteiger charge is 2.32. The summed E-state index contributed by atoms with van der Waals surface area (Å²) in [6, 6.07) is 2.52. The first-order valence-electron chi connectivity index (χ1n) is 8.63. The molecule has 0 heterocycles. The standard InChI is InChI=1S/C19H26F3NO5/c1-17(2,3)27-15(24)13-8-7-12(19(20,21)22)11-14(13)26-10-9-23-16(25)28-18(4,5)6/h7-8,11H,9-10H2,1-6H3,(H,23,25). The van der Waals surface area contributed by atoms with Crippen LogP contribution in [0.5, 0.6) is 5.75 Å². The molecule has 1 rings (SSSR count). The lowest BCUT2D eigenvalue weighted by molar-refractivity contribution is -0.137. The van der Waals surface area contributed by atoms with Gasteiger partial charge >= 0.3 is 18.2 Å². The molecule has 1 aromatic rings. The average Bonchev–Trinajstić information content (AvgIpc) is 2.47. The fraction of sp³-hybridized carbons (Fsp3) is 0.579. The number of hydrogen-bond donors (Lipinski definition) is 1. The monoisotopic (exact) mass is 405 g/mol. The van der Waals surface area contributed by atoms with E-state index in [1.165, 1.54) is 0 Å². The molecule has 0 aliphatic heterocycles. The Labute approximate surface area is 162 Å². The summed E-state index contributed by atoms with van der Waals surface area (Å²) in [7, 11) is 0. The Morgan fingerprint density at radius 3 is 2.04 bits per heavy atom. The van der Waals surface area contributed by atoms with Crippen LogP contribution in [0.2, 0.25) is 0 Å². The predicted octanol–water partition coefficient (Wildman–Crippen LogP) is 4.56. The van der Waals surface area contributed by atoms with Gasteiger partial charge in [0.1, 0.15) is 29.1 Å². The third-order valence-electron chi connectivity index (χ3n) is 2.96. The van der Waals surface area contributed by atoms with Crippen LogP contribution in [0.1, 0.15) is 57.5 Å². The maximum absolute atomic E-state index is 13.0. The summed E-state index contributed by atoms with van der Waals surface area (Å²) >= 11 is 0. The average molecular weight is 405 g/mol. The smallest absolute Gasteiger partial charge is 0.416 e. The SMILES string of the molecule is CC(C)(C)OC(=O)NCCOc1cc(C(F)(F)F)ccc1C(=O)OC(C)(C)C. The maximum Gasteiger partial charge on any atom is 0.416 e. The van der Waals surface area contributed by atoms with Crippen molar-refractivity contribution in [1.29, 1.82) is 0 Å². The molecule has 0 saturated carbocycles. The van der Waals surface area contributed by atoms with Gasteiger partial charge in [-0.1, -0.05) is 0 Å². The first kappa shape index (κ1) is 23.6. The van der Waals surface area contributed by atoms with Crippen molar-refractivity contribution < 1.29 is 37.0 Å². The molecule has 0 saturated heterocycles. The minimum absolute atomic E-state index is 0.0289.